The van der Waals surface area contributed by atoms with Crippen molar-refractivity contribution < 1.29 is 4.74 Å². The minimum Gasteiger partial charge on any atom is -0.486 e. The minimum atomic E-state index is 0.457. The molecule has 1 aliphatic heterocycles. The van der Waals surface area contributed by atoms with Crippen LogP contribution in [0, 0.1) is 0 Å². The second-order valence-electron chi connectivity index (χ2n) is 3.38. The summed E-state index contributed by atoms with van der Waals surface area (Å²) in [7, 11) is 0. The maximum Gasteiger partial charge on any atom is 0.180 e. The van der Waals surface area contributed by atoms with Gasteiger partial charge in [0.05, 0.1) is 15.6 Å². The highest BCUT2D eigenvalue weighted by Crippen LogP contribution is 2.45. The number of anilines is 1. The molecule has 0 amide bonds. The lowest BCUT2D eigenvalue weighted by molar-refractivity contribution is 0.306. The van der Waals surface area contributed by atoms with Gasteiger partial charge >= 0.3 is 0 Å². The molecule has 1 aromatic heterocycles. The Hall–Kier alpha value is -0.970. The number of benzene rings is 1. The summed E-state index contributed by atoms with van der Waals surface area (Å²) in [4.78, 5) is 5.28. The van der Waals surface area contributed by atoms with Crippen LogP contribution < -0.4 is 10.5 Å². The Balaban J connectivity index is 2.30. The van der Waals surface area contributed by atoms with Gasteiger partial charge in [-0.15, -0.1) is 0 Å². The van der Waals surface area contributed by atoms with E-state index in [1.807, 2.05) is 0 Å². The third-order valence-electron chi connectivity index (χ3n) is 2.32. The Kier molecular flexibility index (Phi) is 2.24. The van der Waals surface area contributed by atoms with E-state index in [9.17, 15) is 0 Å². The highest BCUT2D eigenvalue weighted by Gasteiger charge is 2.24. The lowest BCUT2D eigenvalue weighted by atomic mass is 10.1. The molecule has 0 bridgehead atoms. The second kappa shape index (κ2) is 3.52. The molecule has 0 atom stereocenters. The number of rotatable bonds is 0. The van der Waals surface area contributed by atoms with Gasteiger partial charge in [-0.3, -0.25) is 0 Å². The monoisotopic (exact) mass is 272 g/mol. The van der Waals surface area contributed by atoms with E-state index in [0.717, 1.165) is 16.1 Å². The van der Waals surface area contributed by atoms with Crippen molar-refractivity contribution in [2.75, 3.05) is 5.73 Å². The molecule has 16 heavy (non-hydrogen) atoms. The molecule has 0 aliphatic carbocycles. The smallest absolute Gasteiger partial charge is 0.180 e. The lowest BCUT2D eigenvalue weighted by Gasteiger charge is -2.17. The maximum absolute atomic E-state index is 6.06. The van der Waals surface area contributed by atoms with E-state index in [4.69, 9.17) is 33.7 Å². The lowest BCUT2D eigenvalue weighted by Crippen LogP contribution is -2.03. The molecule has 2 heterocycles. The number of thiazole rings is 1. The van der Waals surface area contributed by atoms with Crippen LogP contribution in [0.25, 0.3) is 11.3 Å². The molecule has 0 saturated heterocycles. The van der Waals surface area contributed by atoms with Crippen LogP contribution in [0.5, 0.6) is 5.75 Å². The summed E-state index contributed by atoms with van der Waals surface area (Å²) in [6.07, 6.45) is 0. The fraction of sp³-hybridized carbons (Fsp3) is 0.100. The normalized spacial score (nSPS) is 12.9. The first-order chi connectivity index (χ1) is 7.65. The summed E-state index contributed by atoms with van der Waals surface area (Å²) in [5, 5.41) is 1.59. The molecule has 82 valence electrons. The molecular formula is C10H6Cl2N2OS. The van der Waals surface area contributed by atoms with Crippen LogP contribution in [0.3, 0.4) is 0 Å². The fourth-order valence-electron chi connectivity index (χ4n) is 1.70. The van der Waals surface area contributed by atoms with Crippen LogP contribution in [0.15, 0.2) is 12.1 Å². The fourth-order valence-corrected chi connectivity index (χ4v) is 3.01. The standard InChI is InChI=1S/C10H6Cl2N2OS/c11-4-1-5-8-7(16-10(13)14-8)3-15-9(5)6(12)2-4/h1-2H,3H2,(H2,13,14). The molecule has 1 aliphatic rings. The third kappa shape index (κ3) is 1.45. The molecule has 0 fully saturated rings. The topological polar surface area (TPSA) is 48.1 Å². The molecule has 0 unspecified atom stereocenters. The van der Waals surface area contributed by atoms with Crippen molar-refractivity contribution in [2.24, 2.45) is 0 Å². The van der Waals surface area contributed by atoms with Gasteiger partial charge in [0.25, 0.3) is 0 Å². The molecule has 0 saturated carbocycles. The zero-order chi connectivity index (χ0) is 11.3. The molecule has 6 heteroatoms. The van der Waals surface area contributed by atoms with Crippen molar-refractivity contribution in [1.82, 2.24) is 4.98 Å². The Morgan fingerprint density at radius 3 is 3.00 bits per heavy atom. The molecule has 2 aromatic rings. The van der Waals surface area contributed by atoms with E-state index in [-0.39, 0.29) is 0 Å². The average molecular weight is 273 g/mol. The summed E-state index contributed by atoms with van der Waals surface area (Å²) in [5.74, 6) is 0.629. The van der Waals surface area contributed by atoms with Gasteiger partial charge in [0, 0.05) is 10.6 Å². The van der Waals surface area contributed by atoms with Gasteiger partial charge in [-0.25, -0.2) is 4.98 Å². The summed E-state index contributed by atoms with van der Waals surface area (Å²) < 4.78 is 5.57. The van der Waals surface area contributed by atoms with Gasteiger partial charge < -0.3 is 10.5 Å². The molecule has 0 radical (unpaired) electrons. The highest BCUT2D eigenvalue weighted by molar-refractivity contribution is 7.15. The molecule has 0 spiro atoms. The number of nitrogen functional groups attached to an aromatic ring is 1. The highest BCUT2D eigenvalue weighted by atomic mass is 35.5. The number of nitrogens with two attached hydrogens (primary N) is 1. The van der Waals surface area contributed by atoms with E-state index in [1.165, 1.54) is 11.3 Å². The van der Waals surface area contributed by atoms with Crippen molar-refractivity contribution >= 4 is 39.7 Å². The molecular weight excluding hydrogens is 267 g/mol. The first kappa shape index (κ1) is 10.2. The largest absolute Gasteiger partial charge is 0.486 e. The van der Waals surface area contributed by atoms with E-state index < -0.39 is 0 Å². The van der Waals surface area contributed by atoms with Crippen LogP contribution in [-0.2, 0) is 6.61 Å². The summed E-state index contributed by atoms with van der Waals surface area (Å²) in [5.41, 5.74) is 7.32. The van der Waals surface area contributed by atoms with Crippen LogP contribution in [0.4, 0.5) is 5.13 Å². The SMILES string of the molecule is Nc1nc2c(s1)COc1c(Cl)cc(Cl)cc1-2. The molecule has 2 N–H and O–H groups in total. The van der Waals surface area contributed by atoms with E-state index in [1.54, 1.807) is 12.1 Å². The zero-order valence-electron chi connectivity index (χ0n) is 7.96. The number of nitrogens with zero attached hydrogens (tertiary/aromatic N) is 1. The number of aromatic nitrogens is 1. The van der Waals surface area contributed by atoms with Crippen molar-refractivity contribution in [3.8, 4) is 17.0 Å². The predicted molar refractivity (Wildman–Crippen MR) is 66.3 cm³/mol. The van der Waals surface area contributed by atoms with Crippen molar-refractivity contribution in [1.29, 1.82) is 0 Å². The Bertz CT molecular complexity index is 582. The van der Waals surface area contributed by atoms with Crippen LogP contribution in [0.1, 0.15) is 4.88 Å². The van der Waals surface area contributed by atoms with Crippen molar-refractivity contribution in [3.05, 3.63) is 27.1 Å². The molecule has 3 nitrogen and oxygen atoms in total. The van der Waals surface area contributed by atoms with Crippen molar-refractivity contribution in [3.63, 3.8) is 0 Å². The van der Waals surface area contributed by atoms with Gasteiger partial charge in [-0.1, -0.05) is 34.5 Å². The number of hydrogen-bond acceptors (Lipinski definition) is 4. The first-order valence-electron chi connectivity index (χ1n) is 4.52. The van der Waals surface area contributed by atoms with E-state index in [2.05, 4.69) is 4.98 Å². The zero-order valence-corrected chi connectivity index (χ0v) is 10.3. The van der Waals surface area contributed by atoms with E-state index in [0.29, 0.717) is 27.5 Å². The van der Waals surface area contributed by atoms with Gasteiger partial charge in [0.1, 0.15) is 12.4 Å². The average Bonchev–Trinajstić information content (AvgIpc) is 2.58. The Morgan fingerprint density at radius 2 is 2.19 bits per heavy atom. The van der Waals surface area contributed by atoms with Gasteiger partial charge in [0.15, 0.2) is 5.13 Å². The summed E-state index contributed by atoms with van der Waals surface area (Å²) in [6.45, 7) is 0.457. The van der Waals surface area contributed by atoms with Crippen molar-refractivity contribution in [2.45, 2.75) is 6.61 Å². The van der Waals surface area contributed by atoms with Gasteiger partial charge in [-0.05, 0) is 12.1 Å². The number of halogens is 2. The quantitative estimate of drug-likeness (QED) is 0.797. The molecule has 1 aromatic carbocycles. The number of hydrogen-bond donors (Lipinski definition) is 1. The Morgan fingerprint density at radius 1 is 1.38 bits per heavy atom. The summed E-state index contributed by atoms with van der Waals surface area (Å²) in [6, 6.07) is 3.45. The van der Waals surface area contributed by atoms with E-state index >= 15 is 0 Å². The Labute approximate surface area is 106 Å². The van der Waals surface area contributed by atoms with Gasteiger partial charge in [-0.2, -0.15) is 0 Å². The summed E-state index contributed by atoms with van der Waals surface area (Å²) >= 11 is 13.4. The number of ether oxygens (including phenoxy) is 1. The minimum absolute atomic E-state index is 0.457. The maximum atomic E-state index is 6.06. The third-order valence-corrected chi connectivity index (χ3v) is 3.68. The number of fused-ring (bicyclic) bond motifs is 3. The molecule has 3 rings (SSSR count). The van der Waals surface area contributed by atoms with Crippen LogP contribution in [0.2, 0.25) is 10.0 Å². The second-order valence-corrected chi connectivity index (χ2v) is 5.34. The van der Waals surface area contributed by atoms with Gasteiger partial charge in [0.2, 0.25) is 0 Å². The van der Waals surface area contributed by atoms with Crippen LogP contribution >= 0.6 is 34.5 Å². The van der Waals surface area contributed by atoms with Crippen LogP contribution in [-0.4, -0.2) is 4.98 Å². The predicted octanol–water partition coefficient (Wildman–Crippen LogP) is 3.59. The first-order valence-corrected chi connectivity index (χ1v) is 6.10.